The van der Waals surface area contributed by atoms with Crippen molar-refractivity contribution in [2.75, 3.05) is 5.73 Å². The molecule has 14 heavy (non-hydrogen) atoms. The van der Waals surface area contributed by atoms with Gasteiger partial charge in [0, 0.05) is 15.2 Å². The lowest BCUT2D eigenvalue weighted by atomic mass is 9.78. The monoisotopic (exact) mass is 227 g/mol. The molecule has 0 aliphatic heterocycles. The van der Waals surface area contributed by atoms with E-state index in [1.807, 2.05) is 6.07 Å². The lowest BCUT2D eigenvalue weighted by Crippen LogP contribution is -2.31. The van der Waals surface area contributed by atoms with Crippen molar-refractivity contribution in [3.63, 3.8) is 0 Å². The summed E-state index contributed by atoms with van der Waals surface area (Å²) in [5.74, 6) is 0. The topological polar surface area (TPSA) is 66.5 Å². The molecule has 0 atom stereocenters. The van der Waals surface area contributed by atoms with Crippen molar-refractivity contribution < 1.29 is 10.0 Å². The van der Waals surface area contributed by atoms with Crippen LogP contribution in [-0.2, 0) is 0 Å². The summed E-state index contributed by atoms with van der Waals surface area (Å²) in [5.41, 5.74) is 5.94. The van der Waals surface area contributed by atoms with Gasteiger partial charge < -0.3 is 15.8 Å². The molecular weight excluding hydrogens is 220 g/mol. The molecule has 0 saturated heterocycles. The van der Waals surface area contributed by atoms with E-state index in [1.54, 1.807) is 12.1 Å². The maximum Gasteiger partial charge on any atom is 0.490 e. The van der Waals surface area contributed by atoms with Gasteiger partial charge in [-0.2, -0.15) is 0 Å². The number of anilines is 1. The molecule has 0 saturated carbocycles. The number of fused-ring (bicyclic) bond motifs is 1. The van der Waals surface area contributed by atoms with Gasteiger partial charge in [-0.05, 0) is 23.6 Å². The molecule has 0 bridgehead atoms. The Hall–Kier alpha value is -0.745. The minimum absolute atomic E-state index is 0.317. The highest BCUT2D eigenvalue weighted by Gasteiger charge is 2.19. The zero-order valence-corrected chi connectivity index (χ0v) is 8.64. The standard InChI is InChI=1S/C8H7BClNO2S/c10-5-1-2-6-4(3-7(11)14-6)8(5)9(12)13/h1-3,12-13H,11H2. The predicted octanol–water partition coefficient (Wildman–Crippen LogP) is 0.817. The molecule has 0 radical (unpaired) electrons. The van der Waals surface area contributed by atoms with Crippen LogP contribution in [0.1, 0.15) is 0 Å². The Bertz CT molecular complexity index is 485. The average molecular weight is 227 g/mol. The van der Waals surface area contributed by atoms with E-state index in [0.29, 0.717) is 20.9 Å². The molecule has 6 heteroatoms. The molecule has 2 aromatic rings. The minimum atomic E-state index is -1.57. The van der Waals surface area contributed by atoms with Gasteiger partial charge in [0.2, 0.25) is 0 Å². The van der Waals surface area contributed by atoms with Gasteiger partial charge in [0.15, 0.2) is 0 Å². The van der Waals surface area contributed by atoms with Gasteiger partial charge in [-0.3, -0.25) is 0 Å². The average Bonchev–Trinajstić information content (AvgIpc) is 2.43. The molecule has 3 nitrogen and oxygen atoms in total. The Balaban J connectivity index is 2.82. The number of rotatable bonds is 1. The molecule has 1 heterocycles. The molecule has 0 aliphatic carbocycles. The maximum absolute atomic E-state index is 9.15. The summed E-state index contributed by atoms with van der Waals surface area (Å²) < 4.78 is 0.898. The first kappa shape index (κ1) is 9.80. The van der Waals surface area contributed by atoms with Gasteiger partial charge in [-0.1, -0.05) is 11.6 Å². The highest BCUT2D eigenvalue weighted by atomic mass is 35.5. The maximum atomic E-state index is 9.15. The van der Waals surface area contributed by atoms with Gasteiger partial charge in [-0.15, -0.1) is 11.3 Å². The SMILES string of the molecule is Nc1cc2c(B(O)O)c(Cl)ccc2s1. The lowest BCUT2D eigenvalue weighted by molar-refractivity contribution is 0.426. The van der Waals surface area contributed by atoms with Crippen LogP contribution in [0.3, 0.4) is 0 Å². The fraction of sp³-hybridized carbons (Fsp3) is 0. The first-order valence-electron chi connectivity index (χ1n) is 3.93. The van der Waals surface area contributed by atoms with Gasteiger partial charge in [0.25, 0.3) is 0 Å². The molecule has 1 aromatic heterocycles. The van der Waals surface area contributed by atoms with Crippen molar-refractivity contribution in [1.29, 1.82) is 0 Å². The van der Waals surface area contributed by atoms with E-state index < -0.39 is 7.12 Å². The van der Waals surface area contributed by atoms with Gasteiger partial charge >= 0.3 is 7.12 Å². The van der Waals surface area contributed by atoms with Crippen LogP contribution in [0.25, 0.3) is 10.1 Å². The zero-order chi connectivity index (χ0) is 10.3. The van der Waals surface area contributed by atoms with Crippen LogP contribution in [0.4, 0.5) is 5.00 Å². The number of hydrogen-bond donors (Lipinski definition) is 3. The van der Waals surface area contributed by atoms with Crippen LogP contribution in [0.5, 0.6) is 0 Å². The predicted molar refractivity (Wildman–Crippen MR) is 61.1 cm³/mol. The smallest absolute Gasteiger partial charge is 0.423 e. The summed E-state index contributed by atoms with van der Waals surface area (Å²) in [5, 5.41) is 20.0. The van der Waals surface area contributed by atoms with Crippen molar-refractivity contribution in [2.45, 2.75) is 0 Å². The van der Waals surface area contributed by atoms with E-state index in [0.717, 1.165) is 4.70 Å². The van der Waals surface area contributed by atoms with Crippen molar-refractivity contribution in [3.05, 3.63) is 23.2 Å². The van der Waals surface area contributed by atoms with Gasteiger partial charge in [0.1, 0.15) is 0 Å². The lowest BCUT2D eigenvalue weighted by Gasteiger charge is -2.03. The Labute approximate surface area is 89.9 Å². The second kappa shape index (κ2) is 3.44. The van der Waals surface area contributed by atoms with Crippen molar-refractivity contribution in [1.82, 2.24) is 0 Å². The molecule has 0 amide bonds. The Kier molecular flexibility index (Phi) is 2.40. The van der Waals surface area contributed by atoms with E-state index >= 15 is 0 Å². The van der Waals surface area contributed by atoms with E-state index in [1.165, 1.54) is 11.3 Å². The Morgan fingerprint density at radius 3 is 2.71 bits per heavy atom. The van der Waals surface area contributed by atoms with Crippen LogP contribution < -0.4 is 11.2 Å². The Morgan fingerprint density at radius 1 is 1.36 bits per heavy atom. The number of thiophene rings is 1. The minimum Gasteiger partial charge on any atom is -0.423 e. The largest absolute Gasteiger partial charge is 0.490 e. The molecule has 0 unspecified atom stereocenters. The summed E-state index contributed by atoms with van der Waals surface area (Å²) in [6, 6.07) is 5.14. The highest BCUT2D eigenvalue weighted by molar-refractivity contribution is 7.22. The third kappa shape index (κ3) is 1.48. The van der Waals surface area contributed by atoms with Crippen LogP contribution in [-0.4, -0.2) is 17.2 Å². The number of nitrogen functional groups attached to an aromatic ring is 1. The summed E-state index contributed by atoms with van der Waals surface area (Å²) in [6.07, 6.45) is 0. The van der Waals surface area contributed by atoms with E-state index in [9.17, 15) is 0 Å². The molecule has 4 N–H and O–H groups in total. The van der Waals surface area contributed by atoms with Crippen molar-refractivity contribution in [3.8, 4) is 0 Å². The van der Waals surface area contributed by atoms with Crippen molar-refractivity contribution >= 4 is 50.6 Å². The Morgan fingerprint density at radius 2 is 2.07 bits per heavy atom. The first-order chi connectivity index (χ1) is 6.59. The third-order valence-electron chi connectivity index (χ3n) is 1.97. The van der Waals surface area contributed by atoms with Crippen molar-refractivity contribution in [2.24, 2.45) is 0 Å². The molecule has 72 valence electrons. The second-order valence-electron chi connectivity index (χ2n) is 2.90. The quantitative estimate of drug-likeness (QED) is 0.632. The first-order valence-corrected chi connectivity index (χ1v) is 5.12. The van der Waals surface area contributed by atoms with Gasteiger partial charge in [-0.25, -0.2) is 0 Å². The molecule has 0 spiro atoms. The summed E-state index contributed by atoms with van der Waals surface area (Å²) in [4.78, 5) is 0. The number of benzene rings is 1. The second-order valence-corrected chi connectivity index (χ2v) is 4.42. The fourth-order valence-electron chi connectivity index (χ4n) is 1.39. The normalized spacial score (nSPS) is 10.8. The summed E-state index contributed by atoms with van der Waals surface area (Å²) in [6.45, 7) is 0. The third-order valence-corrected chi connectivity index (χ3v) is 3.23. The molecule has 0 fully saturated rings. The molecule has 2 rings (SSSR count). The number of halogens is 1. The summed E-state index contributed by atoms with van der Waals surface area (Å²) in [7, 11) is -1.57. The molecule has 0 aliphatic rings. The number of nitrogens with two attached hydrogens (primary N) is 1. The number of hydrogen-bond acceptors (Lipinski definition) is 4. The van der Waals surface area contributed by atoms with E-state index in [-0.39, 0.29) is 0 Å². The van der Waals surface area contributed by atoms with Crippen LogP contribution in [0, 0.1) is 0 Å². The molecular formula is C8H7BClNO2S. The zero-order valence-electron chi connectivity index (χ0n) is 7.07. The fourth-order valence-corrected chi connectivity index (χ4v) is 2.50. The van der Waals surface area contributed by atoms with Crippen LogP contribution in [0.15, 0.2) is 18.2 Å². The highest BCUT2D eigenvalue weighted by Crippen LogP contribution is 2.28. The van der Waals surface area contributed by atoms with E-state index in [4.69, 9.17) is 27.4 Å². The van der Waals surface area contributed by atoms with E-state index in [2.05, 4.69) is 0 Å². The van der Waals surface area contributed by atoms with Crippen LogP contribution >= 0.6 is 22.9 Å². The summed E-state index contributed by atoms with van der Waals surface area (Å²) >= 11 is 7.24. The van der Waals surface area contributed by atoms with Gasteiger partial charge in [0.05, 0.1) is 5.00 Å². The van der Waals surface area contributed by atoms with Crippen LogP contribution in [0.2, 0.25) is 5.02 Å². The molecule has 1 aromatic carbocycles.